The maximum atomic E-state index is 4.84. The van der Waals surface area contributed by atoms with Gasteiger partial charge in [-0.2, -0.15) is 5.10 Å². The second-order valence-electron chi connectivity index (χ2n) is 7.32. The Kier molecular flexibility index (Phi) is 5.86. The van der Waals surface area contributed by atoms with E-state index in [4.69, 9.17) is 5.10 Å². The average molecular weight is 291 g/mol. The van der Waals surface area contributed by atoms with Crippen LogP contribution < -0.4 is 5.32 Å². The fourth-order valence-corrected chi connectivity index (χ4v) is 3.43. The lowest BCUT2D eigenvalue weighted by atomic mass is 9.71. The number of rotatable bonds is 7. The van der Waals surface area contributed by atoms with E-state index in [-0.39, 0.29) is 0 Å². The molecule has 120 valence electrons. The minimum Gasteiger partial charge on any atom is -0.314 e. The highest BCUT2D eigenvalue weighted by molar-refractivity contribution is 5.05. The Labute approximate surface area is 130 Å². The summed E-state index contributed by atoms with van der Waals surface area (Å²) >= 11 is 0. The fraction of sp³-hybridized carbons (Fsp3) is 0.833. The number of hydrogen-bond donors (Lipinski definition) is 1. The topological polar surface area (TPSA) is 29.9 Å². The second-order valence-corrected chi connectivity index (χ2v) is 7.32. The minimum atomic E-state index is 0.428. The molecule has 1 saturated carbocycles. The van der Waals surface area contributed by atoms with Gasteiger partial charge in [0.2, 0.25) is 0 Å². The first-order valence-corrected chi connectivity index (χ1v) is 8.82. The molecule has 1 N–H and O–H groups in total. The van der Waals surface area contributed by atoms with Crippen molar-refractivity contribution >= 4 is 0 Å². The number of aromatic nitrogens is 2. The number of hydrogen-bond acceptors (Lipinski definition) is 2. The van der Waals surface area contributed by atoms with Gasteiger partial charge in [0.1, 0.15) is 0 Å². The minimum absolute atomic E-state index is 0.428. The summed E-state index contributed by atoms with van der Waals surface area (Å²) in [5.41, 5.74) is 1.71. The molecule has 1 aliphatic carbocycles. The van der Waals surface area contributed by atoms with Crippen LogP contribution >= 0.6 is 0 Å². The van der Waals surface area contributed by atoms with Crippen LogP contribution in [0.15, 0.2) is 12.3 Å². The van der Waals surface area contributed by atoms with E-state index in [1.807, 2.05) is 0 Å². The Morgan fingerprint density at radius 3 is 2.57 bits per heavy atom. The van der Waals surface area contributed by atoms with Crippen LogP contribution in [0.3, 0.4) is 0 Å². The van der Waals surface area contributed by atoms with Crippen molar-refractivity contribution in [2.45, 2.75) is 84.7 Å². The normalized spacial score (nSPS) is 19.9. The molecular formula is C18H33N3. The van der Waals surface area contributed by atoms with E-state index in [9.17, 15) is 0 Å². The Hall–Kier alpha value is -0.830. The maximum Gasteiger partial charge on any atom is 0.0630 e. The van der Waals surface area contributed by atoms with Crippen LogP contribution in [0.25, 0.3) is 0 Å². The molecule has 3 heteroatoms. The van der Waals surface area contributed by atoms with Crippen molar-refractivity contribution in [2.75, 3.05) is 6.54 Å². The highest BCUT2D eigenvalue weighted by Gasteiger charge is 2.32. The number of nitrogens with one attached hydrogen (secondary N) is 1. The molecule has 1 atom stereocenters. The van der Waals surface area contributed by atoms with Gasteiger partial charge in [0.05, 0.1) is 5.69 Å². The molecule has 0 saturated heterocycles. The summed E-state index contributed by atoms with van der Waals surface area (Å²) in [5.74, 6) is 0. The molecule has 3 nitrogen and oxygen atoms in total. The van der Waals surface area contributed by atoms with Crippen LogP contribution in [0.2, 0.25) is 0 Å². The van der Waals surface area contributed by atoms with Gasteiger partial charge in [0, 0.05) is 24.8 Å². The zero-order chi connectivity index (χ0) is 15.3. The molecule has 1 aromatic heterocycles. The summed E-state index contributed by atoms with van der Waals surface area (Å²) in [6.07, 6.45) is 11.3. The van der Waals surface area contributed by atoms with Gasteiger partial charge in [0.15, 0.2) is 0 Å². The lowest BCUT2D eigenvalue weighted by Gasteiger charge is -2.38. The van der Waals surface area contributed by atoms with Gasteiger partial charge in [-0.25, -0.2) is 0 Å². The average Bonchev–Trinajstić information content (AvgIpc) is 2.94. The Bertz CT molecular complexity index is 416. The molecule has 1 heterocycles. The third-order valence-electron chi connectivity index (χ3n) is 5.06. The summed E-state index contributed by atoms with van der Waals surface area (Å²) in [7, 11) is 0. The van der Waals surface area contributed by atoms with Crippen molar-refractivity contribution in [2.24, 2.45) is 5.41 Å². The van der Waals surface area contributed by atoms with Crippen LogP contribution in [-0.4, -0.2) is 22.4 Å². The zero-order valence-corrected chi connectivity index (χ0v) is 14.4. The third kappa shape index (κ3) is 4.57. The smallest absolute Gasteiger partial charge is 0.0630 e. The van der Waals surface area contributed by atoms with E-state index in [1.54, 1.807) is 0 Å². The molecule has 21 heavy (non-hydrogen) atoms. The standard InChI is InChI=1S/C18H33N3/c1-5-16(4)21-12-9-17(20-21)13-18(14-19-15(2)3)10-7-6-8-11-18/h9,12,15-16,19H,5-8,10-11,13-14H2,1-4H3. The van der Waals surface area contributed by atoms with E-state index in [0.717, 1.165) is 19.4 Å². The number of nitrogens with zero attached hydrogens (tertiary/aromatic N) is 2. The van der Waals surface area contributed by atoms with Crippen LogP contribution in [0.5, 0.6) is 0 Å². The predicted molar refractivity (Wildman–Crippen MR) is 89.6 cm³/mol. The van der Waals surface area contributed by atoms with Crippen molar-refractivity contribution in [1.29, 1.82) is 0 Å². The highest BCUT2D eigenvalue weighted by Crippen LogP contribution is 2.38. The Morgan fingerprint density at radius 1 is 1.24 bits per heavy atom. The fourth-order valence-electron chi connectivity index (χ4n) is 3.43. The molecule has 2 rings (SSSR count). The summed E-state index contributed by atoms with van der Waals surface area (Å²) in [6.45, 7) is 10.1. The van der Waals surface area contributed by atoms with Gasteiger partial charge in [0.25, 0.3) is 0 Å². The van der Waals surface area contributed by atoms with Gasteiger partial charge in [-0.15, -0.1) is 0 Å². The van der Waals surface area contributed by atoms with Crippen LogP contribution in [-0.2, 0) is 6.42 Å². The molecule has 0 aliphatic heterocycles. The molecule has 1 aliphatic rings. The Balaban J connectivity index is 2.05. The van der Waals surface area contributed by atoms with Gasteiger partial charge < -0.3 is 5.32 Å². The molecule has 1 unspecified atom stereocenters. The van der Waals surface area contributed by atoms with Crippen molar-refractivity contribution in [1.82, 2.24) is 15.1 Å². The first-order chi connectivity index (χ1) is 10.0. The molecule has 0 spiro atoms. The third-order valence-corrected chi connectivity index (χ3v) is 5.06. The monoisotopic (exact) mass is 291 g/mol. The maximum absolute atomic E-state index is 4.84. The van der Waals surface area contributed by atoms with Gasteiger partial charge in [-0.05, 0) is 44.1 Å². The molecule has 0 bridgehead atoms. The zero-order valence-electron chi connectivity index (χ0n) is 14.4. The molecule has 1 fully saturated rings. The van der Waals surface area contributed by atoms with Crippen LogP contribution in [0.4, 0.5) is 0 Å². The first-order valence-electron chi connectivity index (χ1n) is 8.82. The van der Waals surface area contributed by atoms with E-state index in [1.165, 1.54) is 37.8 Å². The Morgan fingerprint density at radius 2 is 1.95 bits per heavy atom. The van der Waals surface area contributed by atoms with Gasteiger partial charge >= 0.3 is 0 Å². The van der Waals surface area contributed by atoms with Crippen molar-refractivity contribution in [3.8, 4) is 0 Å². The van der Waals surface area contributed by atoms with Crippen LogP contribution in [0, 0.1) is 5.41 Å². The molecular weight excluding hydrogens is 258 g/mol. The molecule has 0 aromatic carbocycles. The van der Waals surface area contributed by atoms with Crippen molar-refractivity contribution in [3.05, 3.63) is 18.0 Å². The highest BCUT2D eigenvalue weighted by atomic mass is 15.3. The van der Waals surface area contributed by atoms with E-state index < -0.39 is 0 Å². The quantitative estimate of drug-likeness (QED) is 0.809. The molecule has 1 aromatic rings. The predicted octanol–water partition coefficient (Wildman–Crippen LogP) is 4.35. The SMILES string of the molecule is CCC(C)n1ccc(CC2(CNC(C)C)CCCCC2)n1. The van der Waals surface area contributed by atoms with E-state index in [0.29, 0.717) is 17.5 Å². The van der Waals surface area contributed by atoms with Gasteiger partial charge in [-0.3, -0.25) is 4.68 Å². The molecule has 0 radical (unpaired) electrons. The second kappa shape index (κ2) is 7.44. The van der Waals surface area contributed by atoms with Crippen molar-refractivity contribution in [3.63, 3.8) is 0 Å². The molecule has 0 amide bonds. The van der Waals surface area contributed by atoms with Gasteiger partial charge in [-0.1, -0.05) is 40.0 Å². The van der Waals surface area contributed by atoms with E-state index in [2.05, 4.69) is 50.0 Å². The summed E-state index contributed by atoms with van der Waals surface area (Å²) in [5, 5.41) is 8.52. The summed E-state index contributed by atoms with van der Waals surface area (Å²) < 4.78 is 2.14. The van der Waals surface area contributed by atoms with Crippen molar-refractivity contribution < 1.29 is 0 Å². The first kappa shape index (κ1) is 16.5. The van der Waals surface area contributed by atoms with E-state index >= 15 is 0 Å². The van der Waals surface area contributed by atoms with Crippen LogP contribution in [0.1, 0.15) is 78.0 Å². The lowest BCUT2D eigenvalue weighted by molar-refractivity contribution is 0.174. The summed E-state index contributed by atoms with van der Waals surface area (Å²) in [4.78, 5) is 0. The lowest BCUT2D eigenvalue weighted by Crippen LogP contribution is -2.40. The summed E-state index contributed by atoms with van der Waals surface area (Å²) in [6, 6.07) is 3.31. The largest absolute Gasteiger partial charge is 0.314 e.